The van der Waals surface area contributed by atoms with Crippen LogP contribution in [0.2, 0.25) is 0 Å². The summed E-state index contributed by atoms with van der Waals surface area (Å²) in [6.45, 7) is 7.60. The van der Waals surface area contributed by atoms with E-state index in [1.165, 1.54) is 24.8 Å². The average molecular weight is 275 g/mol. The van der Waals surface area contributed by atoms with Crippen LogP contribution in [0.5, 0.6) is 5.75 Å². The third kappa shape index (κ3) is 3.03. The second-order valence-electron chi connectivity index (χ2n) is 5.80. The molecule has 0 saturated heterocycles. The Balaban J connectivity index is 1.56. The lowest BCUT2D eigenvalue weighted by atomic mass is 10.1. The van der Waals surface area contributed by atoms with Crippen molar-refractivity contribution >= 4 is 11.6 Å². The molecule has 2 aliphatic rings. The minimum Gasteiger partial charge on any atom is -0.490 e. The van der Waals surface area contributed by atoms with Gasteiger partial charge >= 0.3 is 0 Å². The number of benzene rings is 1. The Labute approximate surface area is 119 Å². The van der Waals surface area contributed by atoms with Gasteiger partial charge in [-0.25, -0.2) is 0 Å². The first-order valence-corrected chi connectivity index (χ1v) is 7.28. The summed E-state index contributed by atoms with van der Waals surface area (Å²) in [7, 11) is 0. The molecule has 3 rings (SSSR count). The molecule has 2 saturated carbocycles. The zero-order valence-corrected chi connectivity index (χ0v) is 11.8. The van der Waals surface area contributed by atoms with Crippen molar-refractivity contribution in [1.82, 2.24) is 0 Å². The molecule has 2 aliphatic carbocycles. The smallest absolute Gasteiger partial charge is 0.119 e. The van der Waals surface area contributed by atoms with Gasteiger partial charge in [-0.2, -0.15) is 0 Å². The third-order valence-corrected chi connectivity index (χ3v) is 4.49. The molecule has 1 nitrogen and oxygen atoms in total. The highest BCUT2D eigenvalue weighted by Crippen LogP contribution is 2.52. The normalized spacial score (nSPS) is 27.7. The van der Waals surface area contributed by atoms with Crippen LogP contribution in [0.25, 0.3) is 0 Å². The molecule has 0 radical (unpaired) electrons. The van der Waals surface area contributed by atoms with Crippen molar-refractivity contribution in [2.45, 2.75) is 31.8 Å². The first-order chi connectivity index (χ1) is 9.11. The van der Waals surface area contributed by atoms with E-state index in [-0.39, 0.29) is 0 Å². The fourth-order valence-corrected chi connectivity index (χ4v) is 3.04. The fraction of sp³-hybridized carbons (Fsp3) is 0.412. The summed E-state index contributed by atoms with van der Waals surface area (Å²) >= 11 is 5.82. The summed E-state index contributed by atoms with van der Waals surface area (Å²) in [6.07, 6.45) is 5.11. The predicted octanol–water partition coefficient (Wildman–Crippen LogP) is 4.72. The molecule has 2 fully saturated rings. The second-order valence-corrected chi connectivity index (χ2v) is 6.25. The van der Waals surface area contributed by atoms with Gasteiger partial charge < -0.3 is 4.74 Å². The Hall–Kier alpha value is -1.21. The van der Waals surface area contributed by atoms with Gasteiger partial charge in [-0.1, -0.05) is 36.9 Å². The van der Waals surface area contributed by atoms with Crippen molar-refractivity contribution < 1.29 is 4.74 Å². The van der Waals surface area contributed by atoms with Crippen LogP contribution in [0.4, 0.5) is 0 Å². The molecular weight excluding hydrogens is 256 g/mol. The Kier molecular flexibility index (Phi) is 3.40. The third-order valence-electron chi connectivity index (χ3n) is 4.23. The van der Waals surface area contributed by atoms with Crippen LogP contribution in [0.3, 0.4) is 0 Å². The first-order valence-electron chi connectivity index (χ1n) is 6.90. The van der Waals surface area contributed by atoms with E-state index in [4.69, 9.17) is 16.3 Å². The number of hydrogen-bond acceptors (Lipinski definition) is 1. The second kappa shape index (κ2) is 5.05. The zero-order chi connectivity index (χ0) is 13.4. The number of halogens is 1. The summed E-state index contributed by atoms with van der Waals surface area (Å²) in [4.78, 5) is 0. The molecule has 2 heteroatoms. The van der Waals surface area contributed by atoms with E-state index in [9.17, 15) is 0 Å². The first kappa shape index (κ1) is 12.8. The van der Waals surface area contributed by atoms with Crippen molar-refractivity contribution in [2.24, 2.45) is 11.8 Å². The predicted molar refractivity (Wildman–Crippen MR) is 79.5 cm³/mol. The standard InChI is InChI=1S/C17H19ClO/c1-11(12(2)18)7-13-3-5-16(6-4-13)19-17-9-14-8-15(14)10-17/h3-6,14-15,17H,1-2,7-10H2. The summed E-state index contributed by atoms with van der Waals surface area (Å²) in [5.41, 5.74) is 2.06. The van der Waals surface area contributed by atoms with Crippen LogP contribution in [-0.4, -0.2) is 6.10 Å². The van der Waals surface area contributed by atoms with Gasteiger partial charge in [-0.05, 0) is 60.8 Å². The molecule has 0 amide bonds. The largest absolute Gasteiger partial charge is 0.490 e. The van der Waals surface area contributed by atoms with Crippen LogP contribution in [0.15, 0.2) is 48.0 Å². The highest BCUT2D eigenvalue weighted by molar-refractivity contribution is 6.31. The minimum absolute atomic E-state index is 0.437. The van der Waals surface area contributed by atoms with E-state index >= 15 is 0 Å². The molecule has 1 aromatic rings. The van der Waals surface area contributed by atoms with Gasteiger partial charge in [0.2, 0.25) is 0 Å². The topological polar surface area (TPSA) is 9.23 Å². The molecule has 0 bridgehead atoms. The van der Waals surface area contributed by atoms with Gasteiger partial charge in [0.15, 0.2) is 0 Å². The van der Waals surface area contributed by atoms with Crippen molar-refractivity contribution in [3.05, 3.63) is 53.6 Å². The van der Waals surface area contributed by atoms with Crippen molar-refractivity contribution in [3.63, 3.8) is 0 Å². The fourth-order valence-electron chi connectivity index (χ4n) is 2.98. The number of hydrogen-bond donors (Lipinski definition) is 0. The number of fused-ring (bicyclic) bond motifs is 1. The van der Waals surface area contributed by atoms with Crippen molar-refractivity contribution in [3.8, 4) is 5.75 Å². The van der Waals surface area contributed by atoms with Gasteiger partial charge in [0, 0.05) is 5.03 Å². The van der Waals surface area contributed by atoms with Crippen molar-refractivity contribution in [1.29, 1.82) is 0 Å². The maximum atomic E-state index is 6.02. The van der Waals surface area contributed by atoms with Gasteiger partial charge in [0.1, 0.15) is 5.75 Å². The summed E-state index contributed by atoms with van der Waals surface area (Å²) < 4.78 is 6.02. The highest BCUT2D eigenvalue weighted by Gasteiger charge is 2.46. The lowest BCUT2D eigenvalue weighted by Gasteiger charge is -2.15. The van der Waals surface area contributed by atoms with Gasteiger partial charge in [0.05, 0.1) is 6.10 Å². The van der Waals surface area contributed by atoms with E-state index in [2.05, 4.69) is 25.3 Å². The van der Waals surface area contributed by atoms with Gasteiger partial charge in [0.25, 0.3) is 0 Å². The van der Waals surface area contributed by atoms with E-state index in [1.807, 2.05) is 12.1 Å². The maximum absolute atomic E-state index is 6.02. The Morgan fingerprint density at radius 3 is 2.32 bits per heavy atom. The van der Waals surface area contributed by atoms with E-state index < -0.39 is 0 Å². The van der Waals surface area contributed by atoms with E-state index in [0.29, 0.717) is 11.1 Å². The molecule has 2 unspecified atom stereocenters. The Morgan fingerprint density at radius 2 is 1.74 bits per heavy atom. The molecule has 0 spiro atoms. The molecule has 2 atom stereocenters. The molecule has 0 N–H and O–H groups in total. The van der Waals surface area contributed by atoms with Crippen LogP contribution < -0.4 is 4.74 Å². The van der Waals surface area contributed by atoms with Crippen LogP contribution in [-0.2, 0) is 6.42 Å². The lowest BCUT2D eigenvalue weighted by molar-refractivity contribution is 0.194. The van der Waals surface area contributed by atoms with E-state index in [1.54, 1.807) is 0 Å². The lowest BCUT2D eigenvalue weighted by Crippen LogP contribution is -2.13. The molecule has 1 aromatic carbocycles. The Bertz CT molecular complexity index is 492. The van der Waals surface area contributed by atoms with Crippen LogP contribution in [0.1, 0.15) is 24.8 Å². The molecule has 100 valence electrons. The average Bonchev–Trinajstić information content (AvgIpc) is 2.99. The summed E-state index contributed by atoms with van der Waals surface area (Å²) in [6, 6.07) is 8.25. The molecule has 0 aromatic heterocycles. The summed E-state index contributed by atoms with van der Waals surface area (Å²) in [5.74, 6) is 2.90. The Morgan fingerprint density at radius 1 is 1.11 bits per heavy atom. The number of rotatable bonds is 5. The number of ether oxygens (including phenoxy) is 1. The van der Waals surface area contributed by atoms with Gasteiger partial charge in [-0.15, -0.1) is 0 Å². The molecule has 19 heavy (non-hydrogen) atoms. The quantitative estimate of drug-likeness (QED) is 0.706. The molecule has 0 heterocycles. The van der Waals surface area contributed by atoms with Gasteiger partial charge in [-0.3, -0.25) is 0 Å². The van der Waals surface area contributed by atoms with E-state index in [0.717, 1.165) is 29.6 Å². The SMILES string of the molecule is C=C(Cl)C(=C)Cc1ccc(OC2CC3CC3C2)cc1. The zero-order valence-electron chi connectivity index (χ0n) is 11.1. The minimum atomic E-state index is 0.437. The van der Waals surface area contributed by atoms with Crippen molar-refractivity contribution in [2.75, 3.05) is 0 Å². The van der Waals surface area contributed by atoms with Crippen LogP contribution in [0, 0.1) is 11.8 Å². The maximum Gasteiger partial charge on any atom is 0.119 e. The monoisotopic (exact) mass is 274 g/mol. The number of allylic oxidation sites excluding steroid dienone is 2. The summed E-state index contributed by atoms with van der Waals surface area (Å²) in [5, 5.41) is 0.533. The highest BCUT2D eigenvalue weighted by atomic mass is 35.5. The molecular formula is C17H19ClO. The molecule has 0 aliphatic heterocycles. The van der Waals surface area contributed by atoms with Crippen LogP contribution >= 0.6 is 11.6 Å².